The summed E-state index contributed by atoms with van der Waals surface area (Å²) in [5.74, 6) is 0.467. The number of halogens is 2. The molecule has 0 radical (unpaired) electrons. The van der Waals surface area contributed by atoms with Gasteiger partial charge < -0.3 is 16.0 Å². The lowest BCUT2D eigenvalue weighted by atomic mass is 10.2. The van der Waals surface area contributed by atoms with Crippen LogP contribution in [0.4, 0.5) is 17.2 Å². The summed E-state index contributed by atoms with van der Waals surface area (Å²) >= 11 is 11.9. The number of pyridine rings is 1. The SMILES string of the molecule is CN(C)c1ccc(C(=O)Nc2cc(Cl)c(N)c(Cl)c2)cn1. The minimum atomic E-state index is -0.301. The lowest BCUT2D eigenvalue weighted by Crippen LogP contribution is -2.14. The third-order valence-corrected chi connectivity index (χ3v) is 3.43. The van der Waals surface area contributed by atoms with E-state index >= 15 is 0 Å². The van der Waals surface area contributed by atoms with Crippen LogP contribution in [-0.2, 0) is 0 Å². The monoisotopic (exact) mass is 324 g/mol. The predicted octanol–water partition coefficient (Wildman–Crippen LogP) is 3.29. The van der Waals surface area contributed by atoms with Gasteiger partial charge in [0.25, 0.3) is 5.91 Å². The van der Waals surface area contributed by atoms with Crippen LogP contribution in [-0.4, -0.2) is 25.0 Å². The highest BCUT2D eigenvalue weighted by molar-refractivity contribution is 6.39. The zero-order valence-corrected chi connectivity index (χ0v) is 13.0. The maximum absolute atomic E-state index is 12.1. The Kier molecular flexibility index (Phi) is 4.55. The van der Waals surface area contributed by atoms with Gasteiger partial charge in [0.1, 0.15) is 5.82 Å². The predicted molar refractivity (Wildman–Crippen MR) is 87.4 cm³/mol. The fourth-order valence-electron chi connectivity index (χ4n) is 1.64. The molecular formula is C14H14Cl2N4O. The molecule has 0 fully saturated rings. The van der Waals surface area contributed by atoms with E-state index < -0.39 is 0 Å². The lowest BCUT2D eigenvalue weighted by molar-refractivity contribution is 0.102. The molecule has 0 saturated carbocycles. The topological polar surface area (TPSA) is 71.2 Å². The highest BCUT2D eigenvalue weighted by Gasteiger charge is 2.10. The number of benzene rings is 1. The van der Waals surface area contributed by atoms with E-state index in [0.29, 0.717) is 21.3 Å². The maximum atomic E-state index is 12.1. The molecule has 0 unspecified atom stereocenters. The van der Waals surface area contributed by atoms with Gasteiger partial charge in [0.15, 0.2) is 0 Å². The quantitative estimate of drug-likeness (QED) is 0.850. The Morgan fingerprint density at radius 2 is 1.86 bits per heavy atom. The highest BCUT2D eigenvalue weighted by atomic mass is 35.5. The molecule has 0 atom stereocenters. The summed E-state index contributed by atoms with van der Waals surface area (Å²) in [5, 5.41) is 3.28. The van der Waals surface area contributed by atoms with Crippen molar-refractivity contribution in [3.63, 3.8) is 0 Å². The molecule has 7 heteroatoms. The standard InChI is InChI=1S/C14H14Cl2N4O/c1-20(2)12-4-3-8(7-18-12)14(21)19-9-5-10(15)13(17)11(16)6-9/h3-7H,17H2,1-2H3,(H,19,21). The Balaban J connectivity index is 2.18. The molecule has 0 spiro atoms. The van der Waals surface area contributed by atoms with E-state index in [2.05, 4.69) is 10.3 Å². The van der Waals surface area contributed by atoms with Crippen LogP contribution in [0.5, 0.6) is 0 Å². The second-order valence-electron chi connectivity index (χ2n) is 4.61. The molecule has 0 aliphatic carbocycles. The molecule has 0 aliphatic rings. The molecule has 21 heavy (non-hydrogen) atoms. The van der Waals surface area contributed by atoms with Gasteiger partial charge in [0.05, 0.1) is 21.3 Å². The summed E-state index contributed by atoms with van der Waals surface area (Å²) in [6.45, 7) is 0. The molecule has 1 aromatic heterocycles. The molecule has 1 amide bonds. The lowest BCUT2D eigenvalue weighted by Gasteiger charge is -2.12. The first kappa shape index (κ1) is 15.4. The number of nitrogen functional groups attached to an aromatic ring is 1. The van der Waals surface area contributed by atoms with Gasteiger partial charge in [0, 0.05) is 26.0 Å². The first-order valence-electron chi connectivity index (χ1n) is 6.07. The van der Waals surface area contributed by atoms with Crippen molar-refractivity contribution in [2.75, 3.05) is 30.0 Å². The Hall–Kier alpha value is -1.98. The van der Waals surface area contributed by atoms with Crippen LogP contribution in [0, 0.1) is 0 Å². The first-order chi connectivity index (χ1) is 9.88. The molecule has 0 aliphatic heterocycles. The van der Waals surface area contributed by atoms with Crippen molar-refractivity contribution in [1.29, 1.82) is 0 Å². The summed E-state index contributed by atoms with van der Waals surface area (Å²) in [5.41, 5.74) is 6.84. The maximum Gasteiger partial charge on any atom is 0.257 e. The number of anilines is 3. The number of rotatable bonds is 3. The first-order valence-corrected chi connectivity index (χ1v) is 6.83. The molecule has 2 aromatic rings. The molecule has 1 heterocycles. The normalized spacial score (nSPS) is 10.3. The van der Waals surface area contributed by atoms with Crippen LogP contribution >= 0.6 is 23.2 Å². The average Bonchev–Trinajstić information content (AvgIpc) is 2.44. The second-order valence-corrected chi connectivity index (χ2v) is 5.42. The summed E-state index contributed by atoms with van der Waals surface area (Å²) in [6.07, 6.45) is 1.51. The number of hydrogen-bond acceptors (Lipinski definition) is 4. The highest BCUT2D eigenvalue weighted by Crippen LogP contribution is 2.31. The third kappa shape index (κ3) is 3.56. The molecular weight excluding hydrogens is 311 g/mol. The Morgan fingerprint density at radius 1 is 1.24 bits per heavy atom. The fourth-order valence-corrected chi connectivity index (χ4v) is 2.13. The third-order valence-electron chi connectivity index (χ3n) is 2.81. The molecule has 0 saturated heterocycles. The Bertz CT molecular complexity index is 648. The molecule has 2 rings (SSSR count). The molecule has 5 nitrogen and oxygen atoms in total. The zero-order chi connectivity index (χ0) is 15.6. The van der Waals surface area contributed by atoms with Crippen LogP contribution in [0.3, 0.4) is 0 Å². The van der Waals surface area contributed by atoms with Crippen molar-refractivity contribution in [1.82, 2.24) is 4.98 Å². The van der Waals surface area contributed by atoms with Crippen LogP contribution in [0.1, 0.15) is 10.4 Å². The van der Waals surface area contributed by atoms with E-state index in [1.807, 2.05) is 19.0 Å². The van der Waals surface area contributed by atoms with E-state index in [1.165, 1.54) is 6.20 Å². The van der Waals surface area contributed by atoms with Crippen molar-refractivity contribution < 1.29 is 4.79 Å². The van der Waals surface area contributed by atoms with Gasteiger partial charge in [-0.3, -0.25) is 4.79 Å². The number of carbonyl (C=O) groups excluding carboxylic acids is 1. The Labute approximate surface area is 132 Å². The zero-order valence-electron chi connectivity index (χ0n) is 11.5. The second kappa shape index (κ2) is 6.20. The average molecular weight is 325 g/mol. The molecule has 3 N–H and O–H groups in total. The van der Waals surface area contributed by atoms with Gasteiger partial charge in [-0.05, 0) is 24.3 Å². The van der Waals surface area contributed by atoms with Crippen LogP contribution < -0.4 is 16.0 Å². The number of nitrogens with two attached hydrogens (primary N) is 1. The summed E-state index contributed by atoms with van der Waals surface area (Å²) in [4.78, 5) is 18.2. The van der Waals surface area contributed by atoms with E-state index in [4.69, 9.17) is 28.9 Å². The van der Waals surface area contributed by atoms with Crippen LogP contribution in [0.25, 0.3) is 0 Å². The van der Waals surface area contributed by atoms with Gasteiger partial charge >= 0.3 is 0 Å². The number of carbonyl (C=O) groups is 1. The van der Waals surface area contributed by atoms with Crippen molar-refractivity contribution in [2.45, 2.75) is 0 Å². The number of amides is 1. The smallest absolute Gasteiger partial charge is 0.257 e. The number of nitrogens with one attached hydrogen (secondary N) is 1. The van der Waals surface area contributed by atoms with E-state index in [0.717, 1.165) is 5.82 Å². The molecule has 0 bridgehead atoms. The fraction of sp³-hybridized carbons (Fsp3) is 0.143. The molecule has 110 valence electrons. The Morgan fingerprint density at radius 3 is 2.33 bits per heavy atom. The summed E-state index contributed by atoms with van der Waals surface area (Å²) < 4.78 is 0. The molecule has 1 aromatic carbocycles. The van der Waals surface area contributed by atoms with Gasteiger partial charge in [-0.15, -0.1) is 0 Å². The van der Waals surface area contributed by atoms with Crippen LogP contribution in [0.2, 0.25) is 10.0 Å². The number of nitrogens with zero attached hydrogens (tertiary/aromatic N) is 2. The van der Waals surface area contributed by atoms with Crippen molar-refractivity contribution >= 4 is 46.3 Å². The van der Waals surface area contributed by atoms with Gasteiger partial charge in [-0.25, -0.2) is 4.98 Å². The van der Waals surface area contributed by atoms with E-state index in [1.54, 1.807) is 24.3 Å². The minimum Gasteiger partial charge on any atom is -0.396 e. The minimum absolute atomic E-state index is 0.285. The van der Waals surface area contributed by atoms with Gasteiger partial charge in [-0.2, -0.15) is 0 Å². The van der Waals surface area contributed by atoms with Crippen molar-refractivity contribution in [3.8, 4) is 0 Å². The van der Waals surface area contributed by atoms with Gasteiger partial charge in [-0.1, -0.05) is 23.2 Å². The van der Waals surface area contributed by atoms with Crippen molar-refractivity contribution in [3.05, 3.63) is 46.1 Å². The van der Waals surface area contributed by atoms with E-state index in [9.17, 15) is 4.79 Å². The van der Waals surface area contributed by atoms with Crippen molar-refractivity contribution in [2.24, 2.45) is 0 Å². The number of hydrogen-bond donors (Lipinski definition) is 2. The largest absolute Gasteiger partial charge is 0.396 e. The van der Waals surface area contributed by atoms with Gasteiger partial charge in [0.2, 0.25) is 0 Å². The summed E-state index contributed by atoms with van der Waals surface area (Å²) in [6, 6.07) is 6.54. The number of aromatic nitrogens is 1. The summed E-state index contributed by atoms with van der Waals surface area (Å²) in [7, 11) is 3.75. The van der Waals surface area contributed by atoms with E-state index in [-0.39, 0.29) is 11.6 Å². The van der Waals surface area contributed by atoms with Crippen LogP contribution in [0.15, 0.2) is 30.5 Å².